The minimum atomic E-state index is 0.136. The maximum Gasteiger partial charge on any atom is 0.223 e. The van der Waals surface area contributed by atoms with E-state index in [1.807, 2.05) is 0 Å². The van der Waals surface area contributed by atoms with E-state index in [1.54, 1.807) is 0 Å². The molecule has 2 aliphatic rings. The average molecular weight is 244 g/mol. The number of nitrogens with one attached hydrogen (secondary N) is 1. The molecule has 2 saturated carbocycles. The van der Waals surface area contributed by atoms with E-state index in [1.165, 1.54) is 25.7 Å². The van der Waals surface area contributed by atoms with Crippen molar-refractivity contribution in [2.75, 3.05) is 5.88 Å². The van der Waals surface area contributed by atoms with Crippen molar-refractivity contribution in [1.29, 1.82) is 0 Å². The van der Waals surface area contributed by atoms with E-state index in [2.05, 4.69) is 19.2 Å². The normalized spacial score (nSPS) is 34.4. The second-order valence-electron chi connectivity index (χ2n) is 5.65. The Morgan fingerprint density at radius 2 is 1.88 bits per heavy atom. The van der Waals surface area contributed by atoms with Crippen molar-refractivity contribution in [1.82, 2.24) is 5.32 Å². The first-order valence-corrected chi connectivity index (χ1v) is 7.05. The molecule has 0 bridgehead atoms. The van der Waals surface area contributed by atoms with E-state index in [0.717, 1.165) is 0 Å². The zero-order chi connectivity index (χ0) is 11.7. The summed E-state index contributed by atoms with van der Waals surface area (Å²) in [5, 5.41) is 3.11. The maximum atomic E-state index is 12.1. The van der Waals surface area contributed by atoms with Crippen LogP contribution in [0.4, 0.5) is 0 Å². The van der Waals surface area contributed by atoms with Crippen LogP contribution in [0.25, 0.3) is 0 Å². The largest absolute Gasteiger partial charge is 0.352 e. The minimum absolute atomic E-state index is 0.136. The smallest absolute Gasteiger partial charge is 0.223 e. The van der Waals surface area contributed by atoms with Crippen LogP contribution in [-0.2, 0) is 4.79 Å². The Kier molecular flexibility index (Phi) is 3.78. The molecule has 0 saturated heterocycles. The Morgan fingerprint density at radius 1 is 1.31 bits per heavy atom. The van der Waals surface area contributed by atoms with Crippen LogP contribution in [0, 0.1) is 23.7 Å². The van der Waals surface area contributed by atoms with Crippen LogP contribution in [0.2, 0.25) is 0 Å². The molecule has 0 aromatic heterocycles. The lowest BCUT2D eigenvalue weighted by Crippen LogP contribution is -2.41. The van der Waals surface area contributed by atoms with Gasteiger partial charge in [-0.25, -0.2) is 0 Å². The second kappa shape index (κ2) is 4.95. The van der Waals surface area contributed by atoms with E-state index in [4.69, 9.17) is 11.6 Å². The molecule has 92 valence electrons. The Morgan fingerprint density at radius 3 is 2.31 bits per heavy atom. The van der Waals surface area contributed by atoms with Crippen LogP contribution in [0.5, 0.6) is 0 Å². The first-order valence-electron chi connectivity index (χ1n) is 6.51. The fraction of sp³-hybridized carbons (Fsp3) is 0.923. The fourth-order valence-electron chi connectivity index (χ4n) is 3.04. The number of hydrogen-bond donors (Lipinski definition) is 1. The van der Waals surface area contributed by atoms with Gasteiger partial charge < -0.3 is 5.32 Å². The van der Waals surface area contributed by atoms with Crippen molar-refractivity contribution in [3.63, 3.8) is 0 Å². The van der Waals surface area contributed by atoms with E-state index in [0.29, 0.717) is 29.6 Å². The van der Waals surface area contributed by atoms with Crippen molar-refractivity contribution in [2.45, 2.75) is 45.6 Å². The topological polar surface area (TPSA) is 29.1 Å². The zero-order valence-electron chi connectivity index (χ0n) is 10.2. The highest BCUT2D eigenvalue weighted by Crippen LogP contribution is 2.55. The molecule has 3 heteroatoms. The van der Waals surface area contributed by atoms with E-state index in [-0.39, 0.29) is 11.9 Å². The molecule has 1 N–H and O–H groups in total. The predicted octanol–water partition coefficient (Wildman–Crippen LogP) is 2.80. The Bertz CT molecular complexity index is 255. The quantitative estimate of drug-likeness (QED) is 0.756. The summed E-state index contributed by atoms with van der Waals surface area (Å²) in [7, 11) is 0. The SMILES string of the molecule is CC(C)C(CCl)NC(=O)C1C2CCCCC21. The highest BCUT2D eigenvalue weighted by atomic mass is 35.5. The summed E-state index contributed by atoms with van der Waals surface area (Å²) in [4.78, 5) is 12.1. The van der Waals surface area contributed by atoms with Gasteiger partial charge >= 0.3 is 0 Å². The van der Waals surface area contributed by atoms with Crippen LogP contribution >= 0.6 is 11.6 Å². The summed E-state index contributed by atoms with van der Waals surface area (Å²) < 4.78 is 0. The van der Waals surface area contributed by atoms with E-state index in [9.17, 15) is 4.79 Å². The van der Waals surface area contributed by atoms with Crippen LogP contribution < -0.4 is 5.32 Å². The summed E-state index contributed by atoms with van der Waals surface area (Å²) in [5.41, 5.74) is 0. The third kappa shape index (κ3) is 2.37. The Balaban J connectivity index is 1.84. The van der Waals surface area contributed by atoms with Gasteiger partial charge in [0.05, 0.1) is 0 Å². The highest BCUT2D eigenvalue weighted by molar-refractivity contribution is 6.18. The van der Waals surface area contributed by atoms with Crippen LogP contribution in [-0.4, -0.2) is 17.8 Å². The summed E-state index contributed by atoms with van der Waals surface area (Å²) in [5.74, 6) is 2.89. The Hall–Kier alpha value is -0.240. The number of fused-ring (bicyclic) bond motifs is 1. The molecule has 16 heavy (non-hydrogen) atoms. The van der Waals surface area contributed by atoms with Crippen molar-refractivity contribution < 1.29 is 4.79 Å². The molecule has 0 aromatic carbocycles. The summed E-state index contributed by atoms with van der Waals surface area (Å²) >= 11 is 5.87. The molecule has 2 nitrogen and oxygen atoms in total. The summed E-state index contributed by atoms with van der Waals surface area (Å²) in [6.45, 7) is 4.21. The van der Waals surface area contributed by atoms with Crippen molar-refractivity contribution in [2.24, 2.45) is 23.7 Å². The third-order valence-corrected chi connectivity index (χ3v) is 4.59. The zero-order valence-corrected chi connectivity index (χ0v) is 11.0. The summed E-state index contributed by atoms with van der Waals surface area (Å²) in [6, 6.07) is 0.136. The first kappa shape index (κ1) is 12.2. The van der Waals surface area contributed by atoms with Crippen molar-refractivity contribution in [3.8, 4) is 0 Å². The van der Waals surface area contributed by atoms with E-state index >= 15 is 0 Å². The van der Waals surface area contributed by atoms with Crippen molar-refractivity contribution in [3.05, 3.63) is 0 Å². The monoisotopic (exact) mass is 243 g/mol. The molecular weight excluding hydrogens is 222 g/mol. The second-order valence-corrected chi connectivity index (χ2v) is 5.96. The predicted molar refractivity (Wildman–Crippen MR) is 66.4 cm³/mol. The number of amides is 1. The lowest BCUT2D eigenvalue weighted by molar-refractivity contribution is -0.123. The summed E-state index contributed by atoms with van der Waals surface area (Å²) in [6.07, 6.45) is 5.15. The van der Waals surface area contributed by atoms with Crippen molar-refractivity contribution >= 4 is 17.5 Å². The molecule has 0 heterocycles. The molecule has 0 aliphatic heterocycles. The van der Waals surface area contributed by atoms with Gasteiger partial charge in [0.2, 0.25) is 5.91 Å². The average Bonchev–Trinajstić information content (AvgIpc) is 2.99. The maximum absolute atomic E-state index is 12.1. The van der Waals surface area contributed by atoms with Gasteiger partial charge in [-0.1, -0.05) is 26.7 Å². The Labute approximate surface area is 103 Å². The van der Waals surface area contributed by atoms with E-state index < -0.39 is 0 Å². The molecular formula is C13H22ClNO. The number of hydrogen-bond acceptors (Lipinski definition) is 1. The molecule has 3 unspecified atom stereocenters. The first-order chi connectivity index (χ1) is 7.65. The van der Waals surface area contributed by atoms with Gasteiger partial charge in [0.15, 0.2) is 0 Å². The van der Waals surface area contributed by atoms with Gasteiger partial charge in [-0.15, -0.1) is 11.6 Å². The number of carbonyl (C=O) groups is 1. The van der Waals surface area contributed by atoms with Gasteiger partial charge in [0, 0.05) is 17.8 Å². The third-order valence-electron chi connectivity index (χ3n) is 4.26. The number of rotatable bonds is 4. The molecule has 0 spiro atoms. The van der Waals surface area contributed by atoms with Crippen LogP contribution in [0.1, 0.15) is 39.5 Å². The molecule has 2 fully saturated rings. The molecule has 2 aliphatic carbocycles. The number of alkyl halides is 1. The van der Waals surface area contributed by atoms with Gasteiger partial charge in [0.25, 0.3) is 0 Å². The fourth-order valence-corrected chi connectivity index (χ4v) is 3.48. The van der Waals surface area contributed by atoms with Gasteiger partial charge in [0.1, 0.15) is 0 Å². The van der Waals surface area contributed by atoms with Gasteiger partial charge in [-0.05, 0) is 30.6 Å². The molecule has 2 rings (SSSR count). The van der Waals surface area contributed by atoms with Gasteiger partial charge in [-0.2, -0.15) is 0 Å². The standard InChI is InChI=1S/C13H22ClNO/c1-8(2)11(7-14)15-13(16)12-9-5-3-4-6-10(9)12/h8-12H,3-7H2,1-2H3,(H,15,16). The lowest BCUT2D eigenvalue weighted by atomic mass is 10.0. The minimum Gasteiger partial charge on any atom is -0.352 e. The van der Waals surface area contributed by atoms with Gasteiger partial charge in [-0.3, -0.25) is 4.79 Å². The van der Waals surface area contributed by atoms with Crippen LogP contribution in [0.15, 0.2) is 0 Å². The molecule has 1 amide bonds. The highest BCUT2D eigenvalue weighted by Gasteiger charge is 2.54. The number of halogens is 1. The molecule has 0 radical (unpaired) electrons. The molecule has 0 aromatic rings. The number of carbonyl (C=O) groups excluding carboxylic acids is 1. The van der Waals surface area contributed by atoms with Crippen LogP contribution in [0.3, 0.4) is 0 Å². The molecule has 3 atom stereocenters. The lowest BCUT2D eigenvalue weighted by Gasteiger charge is -2.19.